The molecule has 0 spiro atoms. The Morgan fingerprint density at radius 2 is 2.23 bits per heavy atom. The molecule has 0 aliphatic heterocycles. The number of aromatic hydroxyl groups is 1. The average molecular weight is 364 g/mol. The number of hydrogen-bond donors (Lipinski definition) is 1. The second-order valence-electron chi connectivity index (χ2n) is 2.26. The van der Waals surface area contributed by atoms with E-state index in [0.29, 0.717) is 3.70 Å². The maximum atomic E-state index is 12.3. The fourth-order valence-electron chi connectivity index (χ4n) is 0.837. The minimum absolute atomic E-state index is 0.238. The first-order valence-electron chi connectivity index (χ1n) is 3.28. The third-order valence-corrected chi connectivity index (χ3v) is 2.51. The Kier molecular flexibility index (Phi) is 3.84. The quantitative estimate of drug-likeness (QED) is 0.497. The average Bonchev–Trinajstić information content (AvgIpc) is 2.08. The van der Waals surface area contributed by atoms with Crippen molar-refractivity contribution >= 4 is 38.5 Å². The molecule has 6 heteroatoms. The molecule has 0 aromatic carbocycles. The predicted molar refractivity (Wildman–Crippen MR) is 56.2 cm³/mol. The van der Waals surface area contributed by atoms with Crippen LogP contribution in [-0.4, -0.2) is 10.1 Å². The number of halogens is 4. The minimum atomic E-state index is -2.67. The Balaban J connectivity index is 3.27. The van der Waals surface area contributed by atoms with E-state index in [-0.39, 0.29) is 16.6 Å². The molecule has 0 fully saturated rings. The maximum Gasteiger partial charge on any atom is 0.267 e. The van der Waals surface area contributed by atoms with Gasteiger partial charge in [-0.15, -0.1) is 0 Å². The lowest BCUT2D eigenvalue weighted by molar-refractivity contribution is 0.147. The van der Waals surface area contributed by atoms with E-state index in [1.54, 1.807) is 0 Å². The summed E-state index contributed by atoms with van der Waals surface area (Å²) in [6, 6.07) is 1.17. The zero-order valence-corrected chi connectivity index (χ0v) is 10.0. The molecule has 0 unspecified atom stereocenters. The molecule has 1 aromatic rings. The van der Waals surface area contributed by atoms with Crippen molar-refractivity contribution in [1.82, 2.24) is 4.98 Å². The zero-order valence-electron chi connectivity index (χ0n) is 6.27. The molecule has 1 N–H and O–H groups in total. The molecule has 0 saturated heterocycles. The van der Waals surface area contributed by atoms with E-state index in [1.165, 1.54) is 6.07 Å². The van der Waals surface area contributed by atoms with Crippen LogP contribution in [0.15, 0.2) is 6.07 Å². The van der Waals surface area contributed by atoms with Gasteiger partial charge in [-0.2, -0.15) is 0 Å². The summed E-state index contributed by atoms with van der Waals surface area (Å²) < 4.78 is 25.1. The van der Waals surface area contributed by atoms with Crippen LogP contribution < -0.4 is 0 Å². The Morgan fingerprint density at radius 3 is 2.69 bits per heavy atom. The summed E-state index contributed by atoms with van der Waals surface area (Å²) in [6.45, 7) is 0. The summed E-state index contributed by atoms with van der Waals surface area (Å²) in [5.41, 5.74) is -0.129. The molecule has 0 saturated carbocycles. The fraction of sp³-hybridized carbons (Fsp3) is 0.286. The number of alkyl halides is 3. The van der Waals surface area contributed by atoms with E-state index >= 15 is 0 Å². The van der Waals surface area contributed by atoms with Gasteiger partial charge in [0.1, 0.15) is 9.45 Å². The highest BCUT2D eigenvalue weighted by Crippen LogP contribution is 2.32. The number of pyridine rings is 1. The predicted octanol–water partition coefficient (Wildman–Crippen LogP) is 3.22. The van der Waals surface area contributed by atoms with Gasteiger partial charge >= 0.3 is 0 Å². The molecule has 2 nitrogen and oxygen atoms in total. The van der Waals surface area contributed by atoms with E-state index < -0.39 is 12.2 Å². The molecule has 13 heavy (non-hydrogen) atoms. The van der Waals surface area contributed by atoms with Gasteiger partial charge in [-0.25, -0.2) is 13.8 Å². The van der Waals surface area contributed by atoms with Gasteiger partial charge < -0.3 is 5.11 Å². The number of hydrogen-bond acceptors (Lipinski definition) is 2. The van der Waals surface area contributed by atoms with Crippen LogP contribution in [0.3, 0.4) is 0 Å². The highest BCUT2D eigenvalue weighted by atomic mass is 127. The molecule has 1 heterocycles. The molecule has 0 atom stereocenters. The summed E-state index contributed by atoms with van der Waals surface area (Å²) in [5, 5.41) is 9.57. The molecule has 1 rings (SSSR count). The molecule has 0 aliphatic carbocycles. The molecular formula is C7H5BrF2INO. The van der Waals surface area contributed by atoms with Gasteiger partial charge in [-0.1, -0.05) is 15.9 Å². The smallest absolute Gasteiger partial charge is 0.267 e. The van der Waals surface area contributed by atoms with E-state index in [9.17, 15) is 13.9 Å². The number of rotatable bonds is 2. The Bertz CT molecular complexity index is 322. The van der Waals surface area contributed by atoms with Crippen molar-refractivity contribution in [2.75, 3.05) is 0 Å². The molecule has 1 aromatic heterocycles. The standard InChI is InChI=1S/C7H5BrF2INO/c8-2-4-6(13)3(7(9)10)1-5(11)12-4/h1,7,13H,2H2. The zero-order chi connectivity index (χ0) is 10.0. The summed E-state index contributed by atoms with van der Waals surface area (Å²) in [7, 11) is 0. The van der Waals surface area contributed by atoms with Crippen molar-refractivity contribution in [3.8, 4) is 5.75 Å². The first-order chi connectivity index (χ1) is 6.06. The largest absolute Gasteiger partial charge is 0.505 e. The van der Waals surface area contributed by atoms with E-state index in [2.05, 4.69) is 20.9 Å². The number of aromatic nitrogens is 1. The van der Waals surface area contributed by atoms with E-state index in [1.807, 2.05) is 22.6 Å². The lowest BCUT2D eigenvalue weighted by Crippen LogP contribution is -1.95. The lowest BCUT2D eigenvalue weighted by atomic mass is 10.2. The van der Waals surface area contributed by atoms with Gasteiger partial charge in [0.05, 0.1) is 11.3 Å². The Morgan fingerprint density at radius 1 is 1.62 bits per heavy atom. The van der Waals surface area contributed by atoms with Crippen molar-refractivity contribution in [2.24, 2.45) is 0 Å². The van der Waals surface area contributed by atoms with Gasteiger partial charge in [0.25, 0.3) is 6.43 Å². The van der Waals surface area contributed by atoms with Gasteiger partial charge in [0.15, 0.2) is 0 Å². The fourth-order valence-corrected chi connectivity index (χ4v) is 1.85. The van der Waals surface area contributed by atoms with Crippen LogP contribution in [0.1, 0.15) is 17.7 Å². The van der Waals surface area contributed by atoms with Gasteiger partial charge in [0, 0.05) is 5.33 Å². The maximum absolute atomic E-state index is 12.3. The van der Waals surface area contributed by atoms with Crippen LogP contribution in [-0.2, 0) is 5.33 Å². The topological polar surface area (TPSA) is 33.1 Å². The van der Waals surface area contributed by atoms with Crippen molar-refractivity contribution in [3.05, 3.63) is 21.0 Å². The van der Waals surface area contributed by atoms with Gasteiger partial charge in [-0.05, 0) is 28.7 Å². The second-order valence-corrected chi connectivity index (χ2v) is 3.93. The SMILES string of the molecule is Oc1c(C(F)F)cc(I)nc1CBr. The van der Waals surface area contributed by atoms with E-state index in [0.717, 1.165) is 0 Å². The van der Waals surface area contributed by atoms with Crippen molar-refractivity contribution in [3.63, 3.8) is 0 Å². The third kappa shape index (κ3) is 2.49. The van der Waals surface area contributed by atoms with Crippen LogP contribution in [0.2, 0.25) is 0 Å². The second kappa shape index (κ2) is 4.50. The monoisotopic (exact) mass is 363 g/mol. The molecule has 0 amide bonds. The first kappa shape index (κ1) is 11.1. The van der Waals surface area contributed by atoms with Crippen LogP contribution in [0.4, 0.5) is 8.78 Å². The van der Waals surface area contributed by atoms with E-state index in [4.69, 9.17) is 0 Å². The summed E-state index contributed by atoms with van der Waals surface area (Å²) in [6.07, 6.45) is -2.67. The van der Waals surface area contributed by atoms with Crippen molar-refractivity contribution < 1.29 is 13.9 Å². The van der Waals surface area contributed by atoms with Gasteiger partial charge in [0.2, 0.25) is 0 Å². The molecule has 0 bridgehead atoms. The lowest BCUT2D eigenvalue weighted by Gasteiger charge is -2.07. The summed E-state index contributed by atoms with van der Waals surface area (Å²) in [5.74, 6) is -0.424. The summed E-state index contributed by atoms with van der Waals surface area (Å²) >= 11 is 4.88. The highest BCUT2D eigenvalue weighted by molar-refractivity contribution is 14.1. The Hall–Kier alpha value is 0.0200. The molecule has 0 aliphatic rings. The molecule has 72 valence electrons. The highest BCUT2D eigenvalue weighted by Gasteiger charge is 2.17. The van der Waals surface area contributed by atoms with Crippen LogP contribution in [0, 0.1) is 3.70 Å². The van der Waals surface area contributed by atoms with Crippen LogP contribution >= 0.6 is 38.5 Å². The summed E-state index contributed by atoms with van der Waals surface area (Å²) in [4.78, 5) is 3.89. The Labute approximate surface area is 95.6 Å². The minimum Gasteiger partial charge on any atom is -0.505 e. The normalized spacial score (nSPS) is 10.8. The van der Waals surface area contributed by atoms with Crippen molar-refractivity contribution in [1.29, 1.82) is 0 Å². The molecular weight excluding hydrogens is 359 g/mol. The van der Waals surface area contributed by atoms with Gasteiger partial charge in [-0.3, -0.25) is 0 Å². The molecule has 0 radical (unpaired) electrons. The van der Waals surface area contributed by atoms with Crippen LogP contribution in [0.5, 0.6) is 5.75 Å². The third-order valence-electron chi connectivity index (χ3n) is 1.42. The van der Waals surface area contributed by atoms with Crippen LogP contribution in [0.25, 0.3) is 0 Å². The van der Waals surface area contributed by atoms with Crippen molar-refractivity contribution in [2.45, 2.75) is 11.8 Å². The first-order valence-corrected chi connectivity index (χ1v) is 5.48. The number of nitrogens with zero attached hydrogens (tertiary/aromatic N) is 1.